The van der Waals surface area contributed by atoms with Gasteiger partial charge in [-0.2, -0.15) is 0 Å². The molecule has 17 heavy (non-hydrogen) atoms. The summed E-state index contributed by atoms with van der Waals surface area (Å²) in [6, 6.07) is 7.71. The molecule has 4 heteroatoms. The lowest BCUT2D eigenvalue weighted by molar-refractivity contribution is 0.0604. The lowest BCUT2D eigenvalue weighted by atomic mass is 10.0. The third kappa shape index (κ3) is 3.44. The first-order chi connectivity index (χ1) is 8.16. The Morgan fingerprint density at radius 2 is 2.29 bits per heavy atom. The van der Waals surface area contributed by atoms with Crippen LogP contribution in [-0.4, -0.2) is 42.9 Å². The van der Waals surface area contributed by atoms with Crippen molar-refractivity contribution in [2.24, 2.45) is 5.92 Å². The zero-order chi connectivity index (χ0) is 12.3. The van der Waals surface area contributed by atoms with Crippen LogP contribution in [0.2, 0.25) is 0 Å². The van der Waals surface area contributed by atoms with Gasteiger partial charge in [-0.15, -0.1) is 0 Å². The molecule has 0 bridgehead atoms. The molecule has 94 valence electrons. The Morgan fingerprint density at radius 1 is 1.53 bits per heavy atom. The highest BCUT2D eigenvalue weighted by molar-refractivity contribution is 9.10. The molecular formula is C13H18BrNO2. The molecule has 2 rings (SSSR count). The molecule has 0 radical (unpaired) electrons. The van der Waals surface area contributed by atoms with Gasteiger partial charge in [0.05, 0.1) is 10.6 Å². The van der Waals surface area contributed by atoms with E-state index in [2.05, 4.69) is 27.9 Å². The zero-order valence-electron chi connectivity index (χ0n) is 9.97. The molecule has 1 N–H and O–H groups in total. The van der Waals surface area contributed by atoms with E-state index in [9.17, 15) is 5.11 Å². The predicted molar refractivity (Wildman–Crippen MR) is 71.2 cm³/mol. The van der Waals surface area contributed by atoms with Gasteiger partial charge in [-0.1, -0.05) is 12.1 Å². The first kappa shape index (κ1) is 12.9. The van der Waals surface area contributed by atoms with E-state index in [0.717, 1.165) is 29.7 Å². The lowest BCUT2D eigenvalue weighted by Gasteiger charge is -2.18. The summed E-state index contributed by atoms with van der Waals surface area (Å²) in [5.74, 6) is 1.13. The van der Waals surface area contributed by atoms with Crippen molar-refractivity contribution in [1.29, 1.82) is 0 Å². The predicted octanol–water partition coefficient (Wildman–Crippen LogP) is 2.14. The molecule has 1 aliphatic heterocycles. The molecule has 1 aromatic rings. The molecule has 0 aromatic heterocycles. The Balaban J connectivity index is 1.84. The number of benzene rings is 1. The van der Waals surface area contributed by atoms with Gasteiger partial charge in [0.2, 0.25) is 0 Å². The van der Waals surface area contributed by atoms with E-state index >= 15 is 0 Å². The monoisotopic (exact) mass is 299 g/mol. The number of aliphatic hydroxyl groups is 1. The average Bonchev–Trinajstić information content (AvgIpc) is 2.74. The van der Waals surface area contributed by atoms with E-state index in [0.29, 0.717) is 12.5 Å². The van der Waals surface area contributed by atoms with Crippen LogP contribution in [0.25, 0.3) is 0 Å². The quantitative estimate of drug-likeness (QED) is 0.925. The van der Waals surface area contributed by atoms with Crippen LogP contribution in [0, 0.1) is 5.92 Å². The van der Waals surface area contributed by atoms with E-state index < -0.39 is 0 Å². The number of para-hydroxylation sites is 1. The van der Waals surface area contributed by atoms with Crippen molar-refractivity contribution in [3.8, 4) is 5.75 Å². The molecule has 2 atom stereocenters. The van der Waals surface area contributed by atoms with E-state index in [1.54, 1.807) is 0 Å². The van der Waals surface area contributed by atoms with E-state index in [1.807, 2.05) is 24.3 Å². The molecule has 1 fully saturated rings. The van der Waals surface area contributed by atoms with E-state index in [1.165, 1.54) is 0 Å². The molecule has 0 aliphatic carbocycles. The van der Waals surface area contributed by atoms with Crippen molar-refractivity contribution in [2.45, 2.75) is 12.5 Å². The van der Waals surface area contributed by atoms with Gasteiger partial charge < -0.3 is 14.7 Å². The maximum absolute atomic E-state index is 10.1. The minimum Gasteiger partial charge on any atom is -0.490 e. The van der Waals surface area contributed by atoms with Crippen LogP contribution in [0.3, 0.4) is 0 Å². The van der Waals surface area contributed by atoms with Crippen LogP contribution in [0.1, 0.15) is 6.42 Å². The molecule has 1 saturated heterocycles. The van der Waals surface area contributed by atoms with Crippen LogP contribution in [0.4, 0.5) is 0 Å². The number of ether oxygens (including phenoxy) is 1. The zero-order valence-corrected chi connectivity index (χ0v) is 11.6. The number of likely N-dealkylation sites (tertiary alicyclic amines) is 1. The third-order valence-corrected chi connectivity index (χ3v) is 3.87. The molecule has 1 heterocycles. The standard InChI is InChI=1S/C13H18BrNO2/c1-15-7-6-10(8-15)12(16)9-17-13-5-3-2-4-11(13)14/h2-5,10,12,16H,6-9H2,1H3. The first-order valence-corrected chi connectivity index (χ1v) is 6.70. The summed E-state index contributed by atoms with van der Waals surface area (Å²) in [5, 5.41) is 10.1. The van der Waals surface area contributed by atoms with Crippen molar-refractivity contribution >= 4 is 15.9 Å². The highest BCUT2D eigenvalue weighted by atomic mass is 79.9. The Hall–Kier alpha value is -0.580. The third-order valence-electron chi connectivity index (χ3n) is 3.22. The fourth-order valence-electron chi connectivity index (χ4n) is 2.16. The molecule has 0 saturated carbocycles. The van der Waals surface area contributed by atoms with Crippen molar-refractivity contribution < 1.29 is 9.84 Å². The van der Waals surface area contributed by atoms with Gasteiger partial charge in [0.25, 0.3) is 0 Å². The van der Waals surface area contributed by atoms with Gasteiger partial charge in [-0.05, 0) is 48.1 Å². The SMILES string of the molecule is CN1CCC(C(O)COc2ccccc2Br)C1. The number of nitrogens with zero attached hydrogens (tertiary/aromatic N) is 1. The van der Waals surface area contributed by atoms with Gasteiger partial charge in [-0.3, -0.25) is 0 Å². The number of aliphatic hydroxyl groups excluding tert-OH is 1. The fraction of sp³-hybridized carbons (Fsp3) is 0.538. The largest absolute Gasteiger partial charge is 0.490 e. The first-order valence-electron chi connectivity index (χ1n) is 5.91. The van der Waals surface area contributed by atoms with E-state index in [4.69, 9.17) is 4.74 Å². The summed E-state index contributed by atoms with van der Waals surface area (Å²) in [7, 11) is 2.08. The number of hydrogen-bond acceptors (Lipinski definition) is 3. The molecule has 0 spiro atoms. The van der Waals surface area contributed by atoms with Gasteiger partial charge in [-0.25, -0.2) is 0 Å². The molecule has 1 aromatic carbocycles. The van der Waals surface area contributed by atoms with E-state index in [-0.39, 0.29) is 6.10 Å². The lowest BCUT2D eigenvalue weighted by Crippen LogP contribution is -2.29. The summed E-state index contributed by atoms with van der Waals surface area (Å²) in [6.45, 7) is 2.39. The van der Waals surface area contributed by atoms with Crippen LogP contribution in [-0.2, 0) is 0 Å². The van der Waals surface area contributed by atoms with Crippen molar-refractivity contribution in [1.82, 2.24) is 4.90 Å². The highest BCUT2D eigenvalue weighted by Crippen LogP contribution is 2.25. The molecular weight excluding hydrogens is 282 g/mol. The minimum atomic E-state index is -0.382. The van der Waals surface area contributed by atoms with Crippen LogP contribution >= 0.6 is 15.9 Å². The van der Waals surface area contributed by atoms with Crippen molar-refractivity contribution in [2.75, 3.05) is 26.7 Å². The second-order valence-corrected chi connectivity index (χ2v) is 5.47. The maximum Gasteiger partial charge on any atom is 0.133 e. The Morgan fingerprint density at radius 3 is 2.94 bits per heavy atom. The molecule has 0 amide bonds. The summed E-state index contributed by atoms with van der Waals surface area (Å²) < 4.78 is 6.56. The fourth-order valence-corrected chi connectivity index (χ4v) is 2.56. The van der Waals surface area contributed by atoms with Crippen LogP contribution in [0.5, 0.6) is 5.75 Å². The summed E-state index contributed by atoms with van der Waals surface area (Å²) in [4.78, 5) is 2.24. The summed E-state index contributed by atoms with van der Waals surface area (Å²) >= 11 is 3.42. The molecule has 3 nitrogen and oxygen atoms in total. The number of rotatable bonds is 4. The second-order valence-electron chi connectivity index (χ2n) is 4.62. The average molecular weight is 300 g/mol. The smallest absolute Gasteiger partial charge is 0.133 e. The summed E-state index contributed by atoms with van der Waals surface area (Å²) in [6.07, 6.45) is 0.670. The van der Waals surface area contributed by atoms with Gasteiger partial charge >= 0.3 is 0 Å². The highest BCUT2D eigenvalue weighted by Gasteiger charge is 2.26. The number of halogens is 1. The Labute approximate surface area is 111 Å². The Kier molecular flexibility index (Phi) is 4.42. The topological polar surface area (TPSA) is 32.7 Å². The second kappa shape index (κ2) is 5.85. The van der Waals surface area contributed by atoms with Crippen molar-refractivity contribution in [3.05, 3.63) is 28.7 Å². The van der Waals surface area contributed by atoms with Gasteiger partial charge in [0.15, 0.2) is 0 Å². The van der Waals surface area contributed by atoms with Crippen molar-refractivity contribution in [3.63, 3.8) is 0 Å². The normalized spacial score (nSPS) is 22.6. The minimum absolute atomic E-state index is 0.336. The molecule has 2 unspecified atom stereocenters. The molecule has 1 aliphatic rings. The van der Waals surface area contributed by atoms with Crippen LogP contribution in [0.15, 0.2) is 28.7 Å². The summed E-state index contributed by atoms with van der Waals surface area (Å²) in [5.41, 5.74) is 0. The number of hydrogen-bond donors (Lipinski definition) is 1. The maximum atomic E-state index is 10.1. The van der Waals surface area contributed by atoms with Gasteiger partial charge in [0.1, 0.15) is 12.4 Å². The van der Waals surface area contributed by atoms with Gasteiger partial charge in [0, 0.05) is 12.5 Å². The van der Waals surface area contributed by atoms with Crippen LogP contribution < -0.4 is 4.74 Å². The Bertz CT molecular complexity index is 372.